The van der Waals surface area contributed by atoms with E-state index in [0.29, 0.717) is 18.0 Å². The Morgan fingerprint density at radius 2 is 2.17 bits per heavy atom. The first-order chi connectivity index (χ1) is 8.49. The highest BCUT2D eigenvalue weighted by atomic mass is 32.2. The molecule has 0 spiro atoms. The van der Waals surface area contributed by atoms with Crippen LogP contribution in [0.1, 0.15) is 12.8 Å². The van der Waals surface area contributed by atoms with E-state index < -0.39 is 22.1 Å². The number of piperidine rings is 1. The summed E-state index contributed by atoms with van der Waals surface area (Å²) in [6, 6.07) is 0. The monoisotopic (exact) mass is 291 g/mol. The normalized spacial score (nSPS) is 18.7. The molecule has 0 bridgehead atoms. The van der Waals surface area contributed by atoms with E-state index in [1.807, 2.05) is 0 Å². The Morgan fingerprint density at radius 3 is 2.67 bits per heavy atom. The lowest BCUT2D eigenvalue weighted by Crippen LogP contribution is -2.42. The van der Waals surface area contributed by atoms with E-state index in [9.17, 15) is 13.2 Å². The minimum Gasteiger partial charge on any atom is -0.481 e. The number of nitrogens with one attached hydrogen (secondary N) is 1. The van der Waals surface area contributed by atoms with Gasteiger partial charge in [-0.1, -0.05) is 0 Å². The Bertz CT molecular complexity index is 506. The summed E-state index contributed by atoms with van der Waals surface area (Å²) in [4.78, 5) is 14.6. The van der Waals surface area contributed by atoms with Gasteiger partial charge in [-0.05, 0) is 12.8 Å². The zero-order chi connectivity index (χ0) is 13.2. The molecule has 2 rings (SSSR count). The second-order valence-electron chi connectivity index (χ2n) is 3.96. The van der Waals surface area contributed by atoms with Gasteiger partial charge in [-0.3, -0.25) is 4.79 Å². The molecular formula is C9H13N3O4S2. The number of carbonyl (C=O) groups is 1. The standard InChI is InChI=1S/C9H13N3O4S2/c13-8(14)7-1-4-12(5-2-7)18(15,16)11-9-10-3-6-17-9/h3,6-7H,1-2,4-5H2,(H,10,11)(H,13,14). The Labute approximate surface area is 109 Å². The van der Waals surface area contributed by atoms with Gasteiger partial charge in [0.05, 0.1) is 5.92 Å². The fourth-order valence-corrected chi connectivity index (χ4v) is 3.77. The van der Waals surface area contributed by atoms with Crippen molar-refractivity contribution in [1.82, 2.24) is 9.29 Å². The van der Waals surface area contributed by atoms with Gasteiger partial charge in [0.15, 0.2) is 5.13 Å². The number of hydrogen-bond acceptors (Lipinski definition) is 5. The summed E-state index contributed by atoms with van der Waals surface area (Å²) in [6.45, 7) is 0.440. The van der Waals surface area contributed by atoms with Crippen molar-refractivity contribution in [2.45, 2.75) is 12.8 Å². The maximum Gasteiger partial charge on any atom is 0.306 e. The van der Waals surface area contributed by atoms with Crippen molar-refractivity contribution in [3.8, 4) is 0 Å². The zero-order valence-electron chi connectivity index (χ0n) is 9.44. The summed E-state index contributed by atoms with van der Waals surface area (Å²) >= 11 is 1.20. The van der Waals surface area contributed by atoms with Crippen molar-refractivity contribution >= 4 is 32.6 Å². The Morgan fingerprint density at radius 1 is 1.50 bits per heavy atom. The second-order valence-corrected chi connectivity index (χ2v) is 6.52. The van der Waals surface area contributed by atoms with Crippen molar-refractivity contribution in [3.05, 3.63) is 11.6 Å². The van der Waals surface area contributed by atoms with Gasteiger partial charge in [0.2, 0.25) is 0 Å². The van der Waals surface area contributed by atoms with E-state index >= 15 is 0 Å². The third kappa shape index (κ3) is 2.98. The van der Waals surface area contributed by atoms with E-state index in [2.05, 4.69) is 9.71 Å². The summed E-state index contributed by atoms with van der Waals surface area (Å²) in [5, 5.41) is 10.8. The molecule has 0 aromatic carbocycles. The van der Waals surface area contributed by atoms with Crippen LogP contribution in [0.3, 0.4) is 0 Å². The SMILES string of the molecule is O=C(O)C1CCN(S(=O)(=O)Nc2nccs2)CC1. The fraction of sp³-hybridized carbons (Fsp3) is 0.556. The maximum absolute atomic E-state index is 12.0. The number of anilines is 1. The third-order valence-electron chi connectivity index (χ3n) is 2.79. The van der Waals surface area contributed by atoms with Crippen molar-refractivity contribution in [1.29, 1.82) is 0 Å². The molecule has 1 saturated heterocycles. The molecule has 0 unspecified atom stereocenters. The molecule has 100 valence electrons. The molecule has 9 heteroatoms. The fourth-order valence-electron chi connectivity index (χ4n) is 1.79. The summed E-state index contributed by atoms with van der Waals surface area (Å²) in [5.74, 6) is -1.31. The number of aromatic nitrogens is 1. The van der Waals surface area contributed by atoms with Crippen LogP contribution in [0.2, 0.25) is 0 Å². The molecule has 1 aromatic rings. The average Bonchev–Trinajstić information content (AvgIpc) is 2.81. The van der Waals surface area contributed by atoms with Crippen molar-refractivity contribution in [2.75, 3.05) is 17.8 Å². The average molecular weight is 291 g/mol. The zero-order valence-corrected chi connectivity index (χ0v) is 11.1. The Balaban J connectivity index is 1.98. The minimum atomic E-state index is -3.62. The molecule has 1 aliphatic rings. The molecule has 2 N–H and O–H groups in total. The molecule has 2 heterocycles. The van der Waals surface area contributed by atoms with E-state index in [-0.39, 0.29) is 13.1 Å². The molecule has 1 aromatic heterocycles. The first kappa shape index (κ1) is 13.2. The molecule has 1 fully saturated rings. The van der Waals surface area contributed by atoms with E-state index in [4.69, 9.17) is 5.11 Å². The van der Waals surface area contributed by atoms with Crippen LogP contribution in [0.15, 0.2) is 11.6 Å². The topological polar surface area (TPSA) is 99.6 Å². The molecule has 18 heavy (non-hydrogen) atoms. The first-order valence-corrected chi connectivity index (χ1v) is 7.71. The van der Waals surface area contributed by atoms with Crippen molar-refractivity contribution in [3.63, 3.8) is 0 Å². The van der Waals surface area contributed by atoms with E-state index in [0.717, 1.165) is 0 Å². The number of carboxylic acids is 1. The number of carboxylic acid groups (broad SMARTS) is 1. The summed E-state index contributed by atoms with van der Waals surface area (Å²) in [6.07, 6.45) is 2.20. The first-order valence-electron chi connectivity index (χ1n) is 5.39. The van der Waals surface area contributed by atoms with Crippen LogP contribution in [0.25, 0.3) is 0 Å². The van der Waals surface area contributed by atoms with E-state index in [1.165, 1.54) is 21.8 Å². The van der Waals surface area contributed by atoms with Gasteiger partial charge < -0.3 is 5.11 Å². The smallest absolute Gasteiger partial charge is 0.306 e. The molecule has 1 aliphatic heterocycles. The van der Waals surface area contributed by atoms with Crippen LogP contribution >= 0.6 is 11.3 Å². The van der Waals surface area contributed by atoms with Crippen LogP contribution in [0.5, 0.6) is 0 Å². The van der Waals surface area contributed by atoms with Crippen molar-refractivity contribution in [2.24, 2.45) is 5.92 Å². The van der Waals surface area contributed by atoms with Crippen LogP contribution in [0.4, 0.5) is 5.13 Å². The van der Waals surface area contributed by atoms with Crippen LogP contribution in [-0.2, 0) is 15.0 Å². The van der Waals surface area contributed by atoms with Gasteiger partial charge in [0.1, 0.15) is 0 Å². The van der Waals surface area contributed by atoms with Gasteiger partial charge in [-0.2, -0.15) is 12.7 Å². The molecule has 0 aliphatic carbocycles. The minimum absolute atomic E-state index is 0.220. The quantitative estimate of drug-likeness (QED) is 0.846. The maximum atomic E-state index is 12.0. The Kier molecular flexibility index (Phi) is 3.83. The number of nitrogens with zero attached hydrogens (tertiary/aromatic N) is 2. The lowest BCUT2D eigenvalue weighted by atomic mass is 9.99. The summed E-state index contributed by atoms with van der Waals surface area (Å²) in [7, 11) is -3.62. The molecule has 0 saturated carbocycles. The predicted octanol–water partition coefficient (Wildman–Crippen LogP) is 0.596. The van der Waals surface area contributed by atoms with Gasteiger partial charge >= 0.3 is 16.2 Å². The van der Waals surface area contributed by atoms with Gasteiger partial charge in [-0.15, -0.1) is 11.3 Å². The Hall–Kier alpha value is -1.19. The van der Waals surface area contributed by atoms with Crippen LogP contribution in [0, 0.1) is 5.92 Å². The molecular weight excluding hydrogens is 278 g/mol. The molecule has 0 radical (unpaired) electrons. The number of thiazole rings is 1. The lowest BCUT2D eigenvalue weighted by Gasteiger charge is -2.28. The van der Waals surface area contributed by atoms with Crippen molar-refractivity contribution < 1.29 is 18.3 Å². The summed E-state index contributed by atoms with van der Waals surface area (Å²) in [5.41, 5.74) is 0. The lowest BCUT2D eigenvalue weighted by molar-refractivity contribution is -0.142. The highest BCUT2D eigenvalue weighted by Crippen LogP contribution is 2.21. The number of hydrogen-bond donors (Lipinski definition) is 2. The predicted molar refractivity (Wildman–Crippen MR) is 66.6 cm³/mol. The molecule has 7 nitrogen and oxygen atoms in total. The third-order valence-corrected chi connectivity index (χ3v) is 5.11. The molecule has 0 atom stereocenters. The van der Waals surface area contributed by atoms with Crippen LogP contribution in [-0.4, -0.2) is 41.9 Å². The largest absolute Gasteiger partial charge is 0.481 e. The second kappa shape index (κ2) is 5.21. The number of aliphatic carboxylic acids is 1. The van der Waals surface area contributed by atoms with Crippen LogP contribution < -0.4 is 4.72 Å². The highest BCUT2D eigenvalue weighted by molar-refractivity contribution is 7.90. The van der Waals surface area contributed by atoms with Gasteiger partial charge in [-0.25, -0.2) is 9.71 Å². The van der Waals surface area contributed by atoms with Gasteiger partial charge in [0.25, 0.3) is 0 Å². The summed E-state index contributed by atoms with van der Waals surface area (Å²) < 4.78 is 27.6. The van der Waals surface area contributed by atoms with Gasteiger partial charge in [0, 0.05) is 24.7 Å². The highest BCUT2D eigenvalue weighted by Gasteiger charge is 2.31. The number of rotatable bonds is 4. The molecule has 0 amide bonds. The van der Waals surface area contributed by atoms with E-state index in [1.54, 1.807) is 5.38 Å².